The van der Waals surface area contributed by atoms with Crippen LogP contribution in [0.15, 0.2) is 23.4 Å². The maximum atomic E-state index is 8.64. The molecular weight excluding hydrogens is 226 g/mol. The average Bonchev–Trinajstić information content (AvgIpc) is 2.30. The highest BCUT2D eigenvalue weighted by Gasteiger charge is 2.05. The Kier molecular flexibility index (Phi) is 5.12. The molecule has 1 aromatic carbocycles. The average molecular weight is 242 g/mol. The standard InChI is InChI=1S/C12H16ClNO2/c1-3-4-7-16-12-6-5-10(8-11(12)13)9(2)14-15/h5-6,8,15H,3-4,7H2,1-2H3. The topological polar surface area (TPSA) is 41.8 Å². The zero-order valence-corrected chi connectivity index (χ0v) is 10.3. The largest absolute Gasteiger partial charge is 0.492 e. The van der Waals surface area contributed by atoms with E-state index in [4.69, 9.17) is 21.5 Å². The molecule has 0 spiro atoms. The number of hydrogen-bond acceptors (Lipinski definition) is 3. The lowest BCUT2D eigenvalue weighted by atomic mass is 10.1. The smallest absolute Gasteiger partial charge is 0.137 e. The van der Waals surface area contributed by atoms with E-state index in [9.17, 15) is 0 Å². The summed E-state index contributed by atoms with van der Waals surface area (Å²) in [7, 11) is 0. The first-order valence-electron chi connectivity index (χ1n) is 5.30. The number of hydrogen-bond donors (Lipinski definition) is 1. The summed E-state index contributed by atoms with van der Waals surface area (Å²) in [5.41, 5.74) is 1.32. The molecule has 1 rings (SSSR count). The summed E-state index contributed by atoms with van der Waals surface area (Å²) in [4.78, 5) is 0. The number of oxime groups is 1. The van der Waals surface area contributed by atoms with Gasteiger partial charge < -0.3 is 9.94 Å². The minimum atomic E-state index is 0.530. The molecule has 0 bridgehead atoms. The van der Waals surface area contributed by atoms with Gasteiger partial charge in [0.25, 0.3) is 0 Å². The Balaban J connectivity index is 2.75. The van der Waals surface area contributed by atoms with Crippen molar-refractivity contribution in [3.8, 4) is 5.75 Å². The molecule has 3 nitrogen and oxygen atoms in total. The second-order valence-corrected chi connectivity index (χ2v) is 3.94. The molecule has 16 heavy (non-hydrogen) atoms. The molecule has 0 unspecified atom stereocenters. The normalized spacial score (nSPS) is 11.6. The van der Waals surface area contributed by atoms with Gasteiger partial charge in [-0.1, -0.05) is 30.1 Å². The van der Waals surface area contributed by atoms with E-state index in [0.29, 0.717) is 23.1 Å². The molecule has 0 aliphatic carbocycles. The minimum absolute atomic E-state index is 0.530. The van der Waals surface area contributed by atoms with E-state index in [-0.39, 0.29) is 0 Å². The van der Waals surface area contributed by atoms with Crippen molar-refractivity contribution in [2.24, 2.45) is 5.16 Å². The molecule has 88 valence electrons. The number of rotatable bonds is 5. The second-order valence-electron chi connectivity index (χ2n) is 3.53. The Morgan fingerprint density at radius 1 is 1.50 bits per heavy atom. The summed E-state index contributed by atoms with van der Waals surface area (Å²) in [6, 6.07) is 5.35. The van der Waals surface area contributed by atoms with Gasteiger partial charge in [-0.15, -0.1) is 0 Å². The molecule has 0 aliphatic rings. The Labute approximate surface area is 101 Å². The van der Waals surface area contributed by atoms with Gasteiger partial charge in [0.1, 0.15) is 5.75 Å². The van der Waals surface area contributed by atoms with Gasteiger partial charge in [-0.25, -0.2) is 0 Å². The van der Waals surface area contributed by atoms with Crippen LogP contribution in [-0.4, -0.2) is 17.5 Å². The van der Waals surface area contributed by atoms with E-state index >= 15 is 0 Å². The van der Waals surface area contributed by atoms with Crippen LogP contribution in [0.4, 0.5) is 0 Å². The van der Waals surface area contributed by atoms with E-state index in [1.165, 1.54) is 0 Å². The molecule has 0 fully saturated rings. The SMILES string of the molecule is CCCCOc1ccc(C(C)=NO)cc1Cl. The Hall–Kier alpha value is -1.22. The molecule has 0 saturated heterocycles. The van der Waals surface area contributed by atoms with Crippen molar-refractivity contribution in [3.05, 3.63) is 28.8 Å². The van der Waals surface area contributed by atoms with Gasteiger partial charge in [-0.3, -0.25) is 0 Å². The summed E-state index contributed by atoms with van der Waals surface area (Å²) in [6.45, 7) is 4.49. The predicted molar refractivity (Wildman–Crippen MR) is 65.9 cm³/mol. The van der Waals surface area contributed by atoms with Crippen LogP contribution in [0.25, 0.3) is 0 Å². The van der Waals surface area contributed by atoms with Crippen molar-refractivity contribution >= 4 is 17.3 Å². The third-order valence-electron chi connectivity index (χ3n) is 2.26. The first-order chi connectivity index (χ1) is 7.69. The highest BCUT2D eigenvalue weighted by atomic mass is 35.5. The van der Waals surface area contributed by atoms with Crippen LogP contribution < -0.4 is 4.74 Å². The van der Waals surface area contributed by atoms with E-state index in [1.807, 2.05) is 6.07 Å². The van der Waals surface area contributed by atoms with Crippen LogP contribution in [0.5, 0.6) is 5.75 Å². The third kappa shape index (κ3) is 3.42. The van der Waals surface area contributed by atoms with Crippen molar-refractivity contribution in [1.29, 1.82) is 0 Å². The first kappa shape index (κ1) is 12.8. The number of halogens is 1. The molecule has 0 aliphatic heterocycles. The Bertz CT molecular complexity index is 377. The highest BCUT2D eigenvalue weighted by Crippen LogP contribution is 2.25. The van der Waals surface area contributed by atoms with Gasteiger partial charge in [0.05, 0.1) is 17.3 Å². The van der Waals surface area contributed by atoms with Gasteiger partial charge in [0.2, 0.25) is 0 Å². The predicted octanol–water partition coefficient (Wildman–Crippen LogP) is 3.72. The highest BCUT2D eigenvalue weighted by molar-refractivity contribution is 6.32. The van der Waals surface area contributed by atoms with Crippen molar-refractivity contribution in [2.75, 3.05) is 6.61 Å². The van der Waals surface area contributed by atoms with E-state index in [1.54, 1.807) is 19.1 Å². The second kappa shape index (κ2) is 6.38. The summed E-state index contributed by atoms with van der Waals surface area (Å²) >= 11 is 6.05. The molecule has 0 heterocycles. The lowest BCUT2D eigenvalue weighted by molar-refractivity contribution is 0.309. The fourth-order valence-electron chi connectivity index (χ4n) is 1.23. The fraction of sp³-hybridized carbons (Fsp3) is 0.417. The van der Waals surface area contributed by atoms with Gasteiger partial charge in [0.15, 0.2) is 0 Å². The van der Waals surface area contributed by atoms with Crippen LogP contribution in [0.2, 0.25) is 5.02 Å². The van der Waals surface area contributed by atoms with E-state index in [0.717, 1.165) is 18.4 Å². The monoisotopic (exact) mass is 241 g/mol. The molecule has 1 N–H and O–H groups in total. The number of benzene rings is 1. The summed E-state index contributed by atoms with van der Waals surface area (Å²) in [6.07, 6.45) is 2.10. The van der Waals surface area contributed by atoms with Crippen LogP contribution in [0, 0.1) is 0 Å². The van der Waals surface area contributed by atoms with Crippen LogP contribution >= 0.6 is 11.6 Å². The zero-order valence-electron chi connectivity index (χ0n) is 9.53. The molecular formula is C12H16ClNO2. The van der Waals surface area contributed by atoms with Gasteiger partial charge in [-0.2, -0.15) is 0 Å². The molecule has 0 aromatic heterocycles. The maximum absolute atomic E-state index is 8.64. The fourth-order valence-corrected chi connectivity index (χ4v) is 1.46. The van der Waals surface area contributed by atoms with Crippen LogP contribution in [-0.2, 0) is 0 Å². The third-order valence-corrected chi connectivity index (χ3v) is 2.55. The van der Waals surface area contributed by atoms with E-state index in [2.05, 4.69) is 12.1 Å². The molecule has 0 atom stereocenters. The summed E-state index contributed by atoms with van der Waals surface area (Å²) in [5.74, 6) is 0.671. The molecule has 0 amide bonds. The lowest BCUT2D eigenvalue weighted by Crippen LogP contribution is -1.99. The molecule has 4 heteroatoms. The van der Waals surface area contributed by atoms with Gasteiger partial charge in [0, 0.05) is 5.56 Å². The maximum Gasteiger partial charge on any atom is 0.137 e. The van der Waals surface area contributed by atoms with Crippen LogP contribution in [0.1, 0.15) is 32.3 Å². The number of unbranched alkanes of at least 4 members (excludes halogenated alkanes) is 1. The Morgan fingerprint density at radius 3 is 2.81 bits per heavy atom. The van der Waals surface area contributed by atoms with Crippen molar-refractivity contribution in [1.82, 2.24) is 0 Å². The van der Waals surface area contributed by atoms with Crippen molar-refractivity contribution in [3.63, 3.8) is 0 Å². The molecule has 0 radical (unpaired) electrons. The number of nitrogens with zero attached hydrogens (tertiary/aromatic N) is 1. The quantitative estimate of drug-likeness (QED) is 0.370. The van der Waals surface area contributed by atoms with Crippen LogP contribution in [0.3, 0.4) is 0 Å². The van der Waals surface area contributed by atoms with Crippen molar-refractivity contribution < 1.29 is 9.94 Å². The number of ether oxygens (including phenoxy) is 1. The zero-order chi connectivity index (χ0) is 12.0. The van der Waals surface area contributed by atoms with Gasteiger partial charge >= 0.3 is 0 Å². The molecule has 1 aromatic rings. The summed E-state index contributed by atoms with van der Waals surface area (Å²) < 4.78 is 5.51. The summed E-state index contributed by atoms with van der Waals surface area (Å²) in [5, 5.41) is 12.3. The minimum Gasteiger partial charge on any atom is -0.492 e. The van der Waals surface area contributed by atoms with Crippen molar-refractivity contribution in [2.45, 2.75) is 26.7 Å². The lowest BCUT2D eigenvalue weighted by Gasteiger charge is -2.08. The van der Waals surface area contributed by atoms with Gasteiger partial charge in [-0.05, 0) is 31.5 Å². The first-order valence-corrected chi connectivity index (χ1v) is 5.68. The van der Waals surface area contributed by atoms with E-state index < -0.39 is 0 Å². The molecule has 0 saturated carbocycles. The Morgan fingerprint density at radius 2 is 2.25 bits per heavy atom.